The second-order valence-corrected chi connectivity index (χ2v) is 7.81. The lowest BCUT2D eigenvalue weighted by atomic mass is 10.1. The number of sulfonamides is 1. The first-order valence-electron chi connectivity index (χ1n) is 6.78. The molecular formula is C15H19NO5S2. The van der Waals surface area contributed by atoms with Crippen LogP contribution < -0.4 is 14.2 Å². The minimum atomic E-state index is -3.78. The van der Waals surface area contributed by atoms with E-state index in [1.54, 1.807) is 19.1 Å². The molecule has 8 heteroatoms. The molecule has 0 spiro atoms. The molecule has 0 aliphatic rings. The average molecular weight is 357 g/mol. The van der Waals surface area contributed by atoms with E-state index in [1.807, 2.05) is 5.38 Å². The summed E-state index contributed by atoms with van der Waals surface area (Å²) in [6.07, 6.45) is 0. The van der Waals surface area contributed by atoms with E-state index in [0.29, 0.717) is 16.4 Å². The molecule has 0 bridgehead atoms. The minimum Gasteiger partial charge on any atom is -0.493 e. The van der Waals surface area contributed by atoms with Crippen LogP contribution in [0.1, 0.15) is 11.8 Å². The van der Waals surface area contributed by atoms with Crippen molar-refractivity contribution in [3.05, 3.63) is 40.6 Å². The fourth-order valence-corrected chi connectivity index (χ4v) is 3.91. The topological polar surface area (TPSA) is 84.9 Å². The fourth-order valence-electron chi connectivity index (χ4n) is 1.97. The van der Waals surface area contributed by atoms with Gasteiger partial charge in [-0.25, -0.2) is 13.1 Å². The standard InChI is InChI=1S/C15H19NO5S2/c1-15(17,14-5-4-8-22-14)10-16-23(18,19)11-6-7-12(20-2)13(9-11)21-3/h4-9,16-17H,10H2,1-3H3. The van der Waals surface area contributed by atoms with E-state index < -0.39 is 15.6 Å². The van der Waals surface area contributed by atoms with Gasteiger partial charge < -0.3 is 14.6 Å². The smallest absolute Gasteiger partial charge is 0.240 e. The molecular weight excluding hydrogens is 338 g/mol. The molecule has 23 heavy (non-hydrogen) atoms. The number of benzene rings is 1. The zero-order chi connectivity index (χ0) is 17.1. The quantitative estimate of drug-likeness (QED) is 0.791. The number of ether oxygens (including phenoxy) is 2. The molecule has 0 fully saturated rings. The van der Waals surface area contributed by atoms with Gasteiger partial charge in [-0.2, -0.15) is 0 Å². The van der Waals surface area contributed by atoms with E-state index in [1.165, 1.54) is 43.8 Å². The number of methoxy groups -OCH3 is 2. The highest BCUT2D eigenvalue weighted by molar-refractivity contribution is 7.89. The summed E-state index contributed by atoms with van der Waals surface area (Å²) < 4.78 is 37.4. The second-order valence-electron chi connectivity index (χ2n) is 5.09. The van der Waals surface area contributed by atoms with Gasteiger partial charge in [0.2, 0.25) is 10.0 Å². The molecule has 1 aromatic carbocycles. The predicted molar refractivity (Wildman–Crippen MR) is 88.6 cm³/mol. The summed E-state index contributed by atoms with van der Waals surface area (Å²) in [5, 5.41) is 12.2. The van der Waals surface area contributed by atoms with Crippen molar-refractivity contribution in [3.8, 4) is 11.5 Å². The van der Waals surface area contributed by atoms with Gasteiger partial charge in [-0.3, -0.25) is 0 Å². The fraction of sp³-hybridized carbons (Fsp3) is 0.333. The van der Waals surface area contributed by atoms with Crippen molar-refractivity contribution in [1.82, 2.24) is 4.72 Å². The van der Waals surface area contributed by atoms with Gasteiger partial charge in [0.25, 0.3) is 0 Å². The Morgan fingerprint density at radius 1 is 1.22 bits per heavy atom. The zero-order valence-corrected chi connectivity index (χ0v) is 14.7. The van der Waals surface area contributed by atoms with E-state index >= 15 is 0 Å². The molecule has 0 amide bonds. The van der Waals surface area contributed by atoms with Crippen LogP contribution in [0.2, 0.25) is 0 Å². The van der Waals surface area contributed by atoms with Crippen molar-refractivity contribution >= 4 is 21.4 Å². The van der Waals surface area contributed by atoms with Gasteiger partial charge in [0.15, 0.2) is 11.5 Å². The Hall–Kier alpha value is -1.61. The van der Waals surface area contributed by atoms with Gasteiger partial charge in [0.1, 0.15) is 5.60 Å². The second kappa shape index (κ2) is 6.88. The van der Waals surface area contributed by atoms with E-state index in [4.69, 9.17) is 9.47 Å². The Morgan fingerprint density at radius 2 is 1.91 bits per heavy atom. The molecule has 1 atom stereocenters. The molecule has 0 aliphatic carbocycles. The Kier molecular flexibility index (Phi) is 5.30. The van der Waals surface area contributed by atoms with E-state index in [2.05, 4.69) is 4.72 Å². The molecule has 126 valence electrons. The number of nitrogens with one attached hydrogen (secondary N) is 1. The summed E-state index contributed by atoms with van der Waals surface area (Å²) in [5.41, 5.74) is -1.28. The van der Waals surface area contributed by atoms with Crippen LogP contribution in [-0.4, -0.2) is 34.3 Å². The van der Waals surface area contributed by atoms with E-state index in [-0.39, 0.29) is 11.4 Å². The molecule has 1 heterocycles. The summed E-state index contributed by atoms with van der Waals surface area (Å²) in [4.78, 5) is 0.727. The van der Waals surface area contributed by atoms with E-state index in [9.17, 15) is 13.5 Å². The molecule has 6 nitrogen and oxygen atoms in total. The number of rotatable bonds is 7. The third-order valence-electron chi connectivity index (χ3n) is 3.32. The molecule has 0 saturated heterocycles. The van der Waals surface area contributed by atoms with Crippen LogP contribution in [0.5, 0.6) is 11.5 Å². The third-order valence-corrected chi connectivity index (χ3v) is 5.85. The van der Waals surface area contributed by atoms with Crippen molar-refractivity contribution in [2.75, 3.05) is 20.8 Å². The first-order chi connectivity index (χ1) is 10.8. The number of hydrogen-bond donors (Lipinski definition) is 2. The molecule has 0 radical (unpaired) electrons. The molecule has 0 saturated carbocycles. The van der Waals surface area contributed by atoms with Crippen molar-refractivity contribution in [2.45, 2.75) is 17.4 Å². The average Bonchev–Trinajstić information content (AvgIpc) is 3.08. The highest BCUT2D eigenvalue weighted by atomic mass is 32.2. The van der Waals surface area contributed by atoms with Crippen LogP contribution in [0.3, 0.4) is 0 Å². The van der Waals surface area contributed by atoms with Crippen LogP contribution in [-0.2, 0) is 15.6 Å². The SMILES string of the molecule is COc1ccc(S(=O)(=O)NCC(C)(O)c2cccs2)cc1OC. The number of thiophene rings is 1. The number of aliphatic hydroxyl groups is 1. The Balaban J connectivity index is 2.19. The van der Waals surface area contributed by atoms with Crippen molar-refractivity contribution in [3.63, 3.8) is 0 Å². The highest BCUT2D eigenvalue weighted by Gasteiger charge is 2.27. The summed E-state index contributed by atoms with van der Waals surface area (Å²) >= 11 is 1.37. The lowest BCUT2D eigenvalue weighted by Crippen LogP contribution is -2.38. The van der Waals surface area contributed by atoms with Gasteiger partial charge in [-0.1, -0.05) is 6.07 Å². The Bertz CT molecular complexity index is 754. The molecule has 1 aromatic heterocycles. The number of hydrogen-bond acceptors (Lipinski definition) is 6. The molecule has 2 rings (SSSR count). The maximum Gasteiger partial charge on any atom is 0.240 e. The maximum atomic E-state index is 12.4. The van der Waals surface area contributed by atoms with Crippen molar-refractivity contribution in [1.29, 1.82) is 0 Å². The van der Waals surface area contributed by atoms with Crippen molar-refractivity contribution in [2.24, 2.45) is 0 Å². The summed E-state index contributed by atoms with van der Waals surface area (Å²) in [6.45, 7) is 1.43. The Morgan fingerprint density at radius 3 is 2.48 bits per heavy atom. The molecule has 0 aliphatic heterocycles. The van der Waals surface area contributed by atoms with Crippen LogP contribution in [0, 0.1) is 0 Å². The summed E-state index contributed by atoms with van der Waals surface area (Å²) in [6, 6.07) is 7.88. The Labute approximate surface area is 139 Å². The van der Waals surface area contributed by atoms with E-state index in [0.717, 1.165) is 0 Å². The normalized spacial score (nSPS) is 14.3. The first-order valence-corrected chi connectivity index (χ1v) is 9.14. The van der Waals surface area contributed by atoms with Gasteiger partial charge in [0.05, 0.1) is 19.1 Å². The monoisotopic (exact) mass is 357 g/mol. The predicted octanol–water partition coefficient (Wildman–Crippen LogP) is 1.95. The van der Waals surface area contributed by atoms with Crippen molar-refractivity contribution < 1.29 is 23.0 Å². The largest absolute Gasteiger partial charge is 0.493 e. The maximum absolute atomic E-state index is 12.4. The lowest BCUT2D eigenvalue weighted by Gasteiger charge is -2.22. The van der Waals surface area contributed by atoms with Crippen LogP contribution >= 0.6 is 11.3 Å². The molecule has 2 aromatic rings. The minimum absolute atomic E-state index is 0.0390. The molecule has 1 unspecified atom stereocenters. The summed E-state index contributed by atoms with van der Waals surface area (Å²) in [5.74, 6) is 0.762. The van der Waals surface area contributed by atoms with Gasteiger partial charge >= 0.3 is 0 Å². The van der Waals surface area contributed by atoms with Crippen LogP contribution in [0.15, 0.2) is 40.6 Å². The first kappa shape index (κ1) is 17.7. The third kappa shape index (κ3) is 4.03. The van der Waals surface area contributed by atoms with Gasteiger partial charge in [-0.05, 0) is 30.5 Å². The highest BCUT2D eigenvalue weighted by Crippen LogP contribution is 2.30. The lowest BCUT2D eigenvalue weighted by molar-refractivity contribution is 0.0666. The zero-order valence-electron chi connectivity index (χ0n) is 13.1. The van der Waals surface area contributed by atoms with Gasteiger partial charge in [0, 0.05) is 17.5 Å². The van der Waals surface area contributed by atoms with Gasteiger partial charge in [-0.15, -0.1) is 11.3 Å². The van der Waals surface area contributed by atoms with Crippen LogP contribution in [0.25, 0.3) is 0 Å². The van der Waals surface area contributed by atoms with Crippen LogP contribution in [0.4, 0.5) is 0 Å². The molecule has 2 N–H and O–H groups in total. The summed E-state index contributed by atoms with van der Waals surface area (Å²) in [7, 11) is -0.875.